The van der Waals surface area contributed by atoms with Crippen LogP contribution in [0.3, 0.4) is 0 Å². The summed E-state index contributed by atoms with van der Waals surface area (Å²) in [6, 6.07) is 21.8. The van der Waals surface area contributed by atoms with Crippen LogP contribution in [0, 0.1) is 0 Å². The lowest BCUT2D eigenvalue weighted by molar-refractivity contribution is 0.670. The molecule has 0 atom stereocenters. The Kier molecular flexibility index (Phi) is 3.59. The fraction of sp³-hybridized carbons (Fsp3) is 0. The van der Waals surface area contributed by atoms with E-state index in [1.807, 2.05) is 23.2 Å². The van der Waals surface area contributed by atoms with Gasteiger partial charge in [-0.2, -0.15) is 0 Å². The van der Waals surface area contributed by atoms with Crippen LogP contribution < -0.4 is 0 Å². The molecule has 146 valence electrons. The lowest BCUT2D eigenvalue weighted by Crippen LogP contribution is -1.79. The second-order valence-corrected chi connectivity index (χ2v) is 9.39. The largest absolute Gasteiger partial charge is 0.456 e. The molecule has 5 heteroatoms. The first-order valence-electron chi connectivity index (χ1n) is 9.95. The molecule has 0 unspecified atom stereocenters. The Morgan fingerprint density at radius 1 is 0.548 bits per heavy atom. The van der Waals surface area contributed by atoms with Gasteiger partial charge in [0.1, 0.15) is 21.2 Å². The van der Waals surface area contributed by atoms with Gasteiger partial charge in [0.05, 0.1) is 0 Å². The minimum Gasteiger partial charge on any atom is -0.456 e. The number of fused-ring (bicyclic) bond motifs is 5. The summed E-state index contributed by atoms with van der Waals surface area (Å²) in [5.41, 5.74) is 4.10. The molecule has 3 nitrogen and oxygen atoms in total. The zero-order valence-corrected chi connectivity index (χ0v) is 17.8. The Hall–Kier alpha value is -3.54. The van der Waals surface area contributed by atoms with Crippen LogP contribution in [-0.4, -0.2) is 9.97 Å². The first-order chi connectivity index (χ1) is 15.3. The maximum absolute atomic E-state index is 6.30. The minimum absolute atomic E-state index is 0.911. The van der Waals surface area contributed by atoms with Crippen LogP contribution in [-0.2, 0) is 0 Å². The second-order valence-electron chi connectivity index (χ2n) is 7.60. The molecular weight excluding hydrogens is 420 g/mol. The van der Waals surface area contributed by atoms with Crippen LogP contribution in [0.15, 0.2) is 88.2 Å². The predicted octanol–water partition coefficient (Wildman–Crippen LogP) is 8.14. The Morgan fingerprint density at radius 3 is 1.52 bits per heavy atom. The van der Waals surface area contributed by atoms with Crippen LogP contribution >= 0.6 is 22.7 Å². The minimum atomic E-state index is 0.911. The van der Waals surface area contributed by atoms with Crippen LogP contribution in [0.1, 0.15) is 0 Å². The summed E-state index contributed by atoms with van der Waals surface area (Å²) < 4.78 is 6.30. The standard InChI is InChI=1S/C26H14N2OS2/c1-3-17(25-27-5-7-30-25)9-19-13-23-21(11-15(1)19)22-12-16-2-4-18(26-28-6-8-31-26)10-20(16)14-24(22)29-23/h1-14H. The topological polar surface area (TPSA) is 38.9 Å². The number of hydrogen-bond acceptors (Lipinski definition) is 5. The van der Waals surface area contributed by atoms with Gasteiger partial charge >= 0.3 is 0 Å². The van der Waals surface area contributed by atoms with Gasteiger partial charge in [0.2, 0.25) is 0 Å². The molecule has 0 saturated heterocycles. The van der Waals surface area contributed by atoms with Gasteiger partial charge < -0.3 is 4.42 Å². The van der Waals surface area contributed by atoms with Crippen molar-refractivity contribution in [3.8, 4) is 21.1 Å². The first kappa shape index (κ1) is 17.2. The Balaban J connectivity index is 1.44. The number of furan rings is 1. The Morgan fingerprint density at radius 2 is 1.06 bits per heavy atom. The van der Waals surface area contributed by atoms with Crippen molar-refractivity contribution in [1.29, 1.82) is 0 Å². The zero-order chi connectivity index (χ0) is 20.4. The van der Waals surface area contributed by atoms with E-state index in [0.29, 0.717) is 0 Å². The summed E-state index contributed by atoms with van der Waals surface area (Å²) in [4.78, 5) is 8.88. The molecule has 0 aliphatic carbocycles. The van der Waals surface area contributed by atoms with Crippen LogP contribution in [0.5, 0.6) is 0 Å². The molecule has 31 heavy (non-hydrogen) atoms. The van der Waals surface area contributed by atoms with Gasteiger partial charge in [-0.15, -0.1) is 22.7 Å². The van der Waals surface area contributed by atoms with E-state index in [4.69, 9.17) is 4.42 Å². The van der Waals surface area contributed by atoms with Crippen LogP contribution in [0.25, 0.3) is 64.6 Å². The van der Waals surface area contributed by atoms with E-state index in [1.165, 1.54) is 10.8 Å². The number of hydrogen-bond donors (Lipinski definition) is 0. The summed E-state index contributed by atoms with van der Waals surface area (Å²) in [5.74, 6) is 0. The van der Waals surface area contributed by atoms with Gasteiger partial charge in [0.15, 0.2) is 0 Å². The van der Waals surface area contributed by atoms with E-state index in [2.05, 4.69) is 70.6 Å². The van der Waals surface area contributed by atoms with E-state index in [9.17, 15) is 0 Å². The quantitative estimate of drug-likeness (QED) is 0.276. The summed E-state index contributed by atoms with van der Waals surface area (Å²) >= 11 is 3.31. The normalized spacial score (nSPS) is 11.9. The predicted molar refractivity (Wildman–Crippen MR) is 131 cm³/mol. The van der Waals surface area contributed by atoms with Crippen molar-refractivity contribution >= 4 is 66.2 Å². The van der Waals surface area contributed by atoms with Gasteiger partial charge in [-0.25, -0.2) is 9.97 Å². The summed E-state index contributed by atoms with van der Waals surface area (Å²) in [6.07, 6.45) is 3.69. The molecule has 7 rings (SSSR count). The third-order valence-electron chi connectivity index (χ3n) is 5.75. The van der Waals surface area contributed by atoms with Crippen molar-refractivity contribution in [2.24, 2.45) is 0 Å². The van der Waals surface area contributed by atoms with E-state index in [-0.39, 0.29) is 0 Å². The molecule has 0 aliphatic heterocycles. The van der Waals surface area contributed by atoms with Crippen molar-refractivity contribution in [1.82, 2.24) is 9.97 Å². The molecule has 0 fully saturated rings. The van der Waals surface area contributed by atoms with Gasteiger partial charge in [0.25, 0.3) is 0 Å². The van der Waals surface area contributed by atoms with Gasteiger partial charge in [-0.05, 0) is 57.9 Å². The molecule has 0 N–H and O–H groups in total. The highest BCUT2D eigenvalue weighted by atomic mass is 32.1. The Labute approximate surface area is 185 Å². The fourth-order valence-electron chi connectivity index (χ4n) is 4.26. The van der Waals surface area contributed by atoms with Gasteiger partial charge in [-0.3, -0.25) is 0 Å². The maximum atomic E-state index is 6.30. The van der Waals surface area contributed by atoms with E-state index in [0.717, 1.165) is 53.9 Å². The highest BCUT2D eigenvalue weighted by Crippen LogP contribution is 2.37. The SMILES string of the molecule is c1csc(-c2ccc3cc4c(cc3c2)oc2cc3cc(-c5nccs5)ccc3cc24)n1. The lowest BCUT2D eigenvalue weighted by Gasteiger charge is -2.02. The van der Waals surface area contributed by atoms with Gasteiger partial charge in [0, 0.05) is 45.1 Å². The molecule has 0 amide bonds. The summed E-state index contributed by atoms with van der Waals surface area (Å²) in [5, 5.41) is 13.1. The summed E-state index contributed by atoms with van der Waals surface area (Å²) in [6.45, 7) is 0. The van der Waals surface area contributed by atoms with Crippen molar-refractivity contribution in [2.45, 2.75) is 0 Å². The van der Waals surface area contributed by atoms with Crippen LogP contribution in [0.2, 0.25) is 0 Å². The number of benzene rings is 4. The van der Waals surface area contributed by atoms with E-state index >= 15 is 0 Å². The fourth-order valence-corrected chi connectivity index (χ4v) is 5.53. The smallest absolute Gasteiger partial charge is 0.136 e. The number of thiazole rings is 2. The number of rotatable bonds is 2. The molecule has 3 heterocycles. The molecule has 0 spiro atoms. The second kappa shape index (κ2) is 6.48. The third-order valence-corrected chi connectivity index (χ3v) is 7.39. The first-order valence-corrected chi connectivity index (χ1v) is 11.7. The molecule has 4 aromatic carbocycles. The highest BCUT2D eigenvalue weighted by Gasteiger charge is 2.12. The Bertz CT molecular complexity index is 1600. The molecule has 7 aromatic rings. The number of nitrogens with zero attached hydrogens (tertiary/aromatic N) is 2. The number of aromatic nitrogens is 2. The third kappa shape index (κ3) is 2.71. The van der Waals surface area contributed by atoms with Gasteiger partial charge in [-0.1, -0.05) is 24.3 Å². The van der Waals surface area contributed by atoms with Crippen LogP contribution in [0.4, 0.5) is 0 Å². The molecular formula is C26H14N2OS2. The molecule has 0 saturated carbocycles. The molecule has 0 bridgehead atoms. The molecule has 3 aromatic heterocycles. The zero-order valence-electron chi connectivity index (χ0n) is 16.2. The van der Waals surface area contributed by atoms with E-state index in [1.54, 1.807) is 22.7 Å². The van der Waals surface area contributed by atoms with Crippen molar-refractivity contribution in [3.63, 3.8) is 0 Å². The highest BCUT2D eigenvalue weighted by molar-refractivity contribution is 7.13. The molecule has 0 radical (unpaired) electrons. The average molecular weight is 435 g/mol. The van der Waals surface area contributed by atoms with Crippen molar-refractivity contribution < 1.29 is 4.42 Å². The average Bonchev–Trinajstić information content (AvgIpc) is 3.56. The maximum Gasteiger partial charge on any atom is 0.136 e. The lowest BCUT2D eigenvalue weighted by atomic mass is 10.0. The molecule has 0 aliphatic rings. The summed E-state index contributed by atoms with van der Waals surface area (Å²) in [7, 11) is 0. The van der Waals surface area contributed by atoms with Crippen molar-refractivity contribution in [2.75, 3.05) is 0 Å². The monoisotopic (exact) mass is 434 g/mol. The van der Waals surface area contributed by atoms with E-state index < -0.39 is 0 Å². The van der Waals surface area contributed by atoms with Crippen molar-refractivity contribution in [3.05, 3.63) is 83.8 Å².